The lowest BCUT2D eigenvalue weighted by Gasteiger charge is -2.07. The summed E-state index contributed by atoms with van der Waals surface area (Å²) in [5.41, 5.74) is 6.76. The molecule has 9 heavy (non-hydrogen) atoms. The van der Waals surface area contributed by atoms with Gasteiger partial charge in [-0.2, -0.15) is 0 Å². The zero-order valence-corrected chi connectivity index (χ0v) is 5.38. The Morgan fingerprint density at radius 2 is 2.56 bits per heavy atom. The van der Waals surface area contributed by atoms with Crippen LogP contribution in [0, 0.1) is 0 Å². The molecule has 0 bridgehead atoms. The molecule has 0 saturated heterocycles. The van der Waals surface area contributed by atoms with E-state index in [4.69, 9.17) is 5.73 Å². The molecular weight excluding hydrogens is 110 g/mol. The fourth-order valence-electron chi connectivity index (χ4n) is 0.805. The molecule has 1 atom stereocenters. The van der Waals surface area contributed by atoms with Crippen LogP contribution in [0.3, 0.4) is 0 Å². The van der Waals surface area contributed by atoms with Crippen molar-refractivity contribution in [2.24, 2.45) is 5.73 Å². The summed E-state index contributed by atoms with van der Waals surface area (Å²) in [6.45, 7) is 3.65. The van der Waals surface area contributed by atoms with Crippen LogP contribution >= 0.6 is 0 Å². The summed E-state index contributed by atoms with van der Waals surface area (Å²) in [4.78, 5) is 0. The highest BCUT2D eigenvalue weighted by Gasteiger charge is 1.99. The second-order valence-corrected chi connectivity index (χ2v) is 2.17. The molecule has 1 heteroatoms. The Balaban J connectivity index is 2.62. The normalized spacial score (nSPS) is 25.4. The number of rotatable bonds is 1. The van der Waals surface area contributed by atoms with E-state index in [9.17, 15) is 0 Å². The highest BCUT2D eigenvalue weighted by molar-refractivity contribution is 5.32. The van der Waals surface area contributed by atoms with Gasteiger partial charge in [-0.15, -0.1) is 0 Å². The fraction of sp³-hybridized carbons (Fsp3) is 0.250. The molecule has 1 aliphatic rings. The standard InChI is InChI=1S/C8H11N/c1-2-7-3-5-8(9)6-4-7/h2-5,8H,1,6,9H2. The molecule has 0 aliphatic heterocycles. The van der Waals surface area contributed by atoms with Gasteiger partial charge in [-0.25, -0.2) is 0 Å². The maximum Gasteiger partial charge on any atom is 0.0262 e. The molecule has 0 aromatic rings. The third kappa shape index (κ3) is 1.54. The predicted octanol–water partition coefficient (Wildman–Crippen LogP) is 1.39. The maximum absolute atomic E-state index is 5.59. The first-order chi connectivity index (χ1) is 4.33. The van der Waals surface area contributed by atoms with E-state index in [1.807, 2.05) is 18.2 Å². The van der Waals surface area contributed by atoms with Crippen molar-refractivity contribution in [2.75, 3.05) is 0 Å². The molecule has 0 radical (unpaired) electrons. The third-order valence-corrected chi connectivity index (χ3v) is 1.40. The minimum atomic E-state index is 0.216. The van der Waals surface area contributed by atoms with Gasteiger partial charge in [-0.1, -0.05) is 30.9 Å². The second kappa shape index (κ2) is 2.65. The minimum Gasteiger partial charge on any atom is -0.324 e. The molecule has 0 heterocycles. The molecule has 0 saturated carbocycles. The smallest absolute Gasteiger partial charge is 0.0262 e. The highest BCUT2D eigenvalue weighted by atomic mass is 14.6. The largest absolute Gasteiger partial charge is 0.324 e. The van der Waals surface area contributed by atoms with E-state index in [0.717, 1.165) is 6.42 Å². The highest BCUT2D eigenvalue weighted by Crippen LogP contribution is 2.08. The van der Waals surface area contributed by atoms with Gasteiger partial charge in [0.15, 0.2) is 0 Å². The molecule has 1 nitrogen and oxygen atoms in total. The molecule has 48 valence electrons. The van der Waals surface area contributed by atoms with Gasteiger partial charge in [0.05, 0.1) is 0 Å². The first-order valence-corrected chi connectivity index (χ1v) is 3.09. The Hall–Kier alpha value is -0.820. The summed E-state index contributed by atoms with van der Waals surface area (Å²) >= 11 is 0. The Morgan fingerprint density at radius 3 is 3.00 bits per heavy atom. The number of hydrogen-bond acceptors (Lipinski definition) is 1. The third-order valence-electron chi connectivity index (χ3n) is 1.40. The van der Waals surface area contributed by atoms with Crippen molar-refractivity contribution in [3.05, 3.63) is 36.5 Å². The topological polar surface area (TPSA) is 26.0 Å². The van der Waals surface area contributed by atoms with Crippen LogP contribution < -0.4 is 5.73 Å². The van der Waals surface area contributed by atoms with Crippen molar-refractivity contribution in [2.45, 2.75) is 12.5 Å². The first-order valence-electron chi connectivity index (χ1n) is 3.09. The maximum atomic E-state index is 5.59. The van der Waals surface area contributed by atoms with E-state index >= 15 is 0 Å². The quantitative estimate of drug-likeness (QED) is 0.557. The monoisotopic (exact) mass is 121 g/mol. The van der Waals surface area contributed by atoms with Crippen LogP contribution in [-0.2, 0) is 0 Å². The van der Waals surface area contributed by atoms with E-state index in [2.05, 4.69) is 12.7 Å². The average Bonchev–Trinajstić information content (AvgIpc) is 1.90. The van der Waals surface area contributed by atoms with Crippen molar-refractivity contribution >= 4 is 0 Å². The molecule has 0 aromatic carbocycles. The fourth-order valence-corrected chi connectivity index (χ4v) is 0.805. The Labute approximate surface area is 55.6 Å². The number of nitrogens with two attached hydrogens (primary N) is 1. The molecule has 0 aromatic heterocycles. The predicted molar refractivity (Wildman–Crippen MR) is 40.0 cm³/mol. The average molecular weight is 121 g/mol. The van der Waals surface area contributed by atoms with Crippen LogP contribution in [0.1, 0.15) is 6.42 Å². The first kappa shape index (κ1) is 6.30. The molecule has 1 aliphatic carbocycles. The van der Waals surface area contributed by atoms with Gasteiger partial charge in [0, 0.05) is 6.04 Å². The Kier molecular flexibility index (Phi) is 1.85. The molecule has 2 N–H and O–H groups in total. The van der Waals surface area contributed by atoms with E-state index in [0.29, 0.717) is 0 Å². The molecule has 0 fully saturated rings. The summed E-state index contributed by atoms with van der Waals surface area (Å²) < 4.78 is 0. The molecule has 1 rings (SSSR count). The van der Waals surface area contributed by atoms with Crippen molar-refractivity contribution in [3.8, 4) is 0 Å². The SMILES string of the molecule is C=CC1=CCC(N)C=C1. The summed E-state index contributed by atoms with van der Waals surface area (Å²) in [7, 11) is 0. The molecular formula is C8H11N. The van der Waals surface area contributed by atoms with Crippen LogP contribution in [0.2, 0.25) is 0 Å². The van der Waals surface area contributed by atoms with Gasteiger partial charge in [-0.05, 0) is 12.0 Å². The van der Waals surface area contributed by atoms with Crippen molar-refractivity contribution < 1.29 is 0 Å². The van der Waals surface area contributed by atoms with Crippen LogP contribution in [0.4, 0.5) is 0 Å². The van der Waals surface area contributed by atoms with Crippen LogP contribution in [-0.4, -0.2) is 6.04 Å². The summed E-state index contributed by atoms with van der Waals surface area (Å²) in [6, 6.07) is 0.216. The summed E-state index contributed by atoms with van der Waals surface area (Å²) in [5, 5.41) is 0. The van der Waals surface area contributed by atoms with Gasteiger partial charge in [0.25, 0.3) is 0 Å². The van der Waals surface area contributed by atoms with Gasteiger partial charge in [0.2, 0.25) is 0 Å². The Morgan fingerprint density at radius 1 is 1.78 bits per heavy atom. The van der Waals surface area contributed by atoms with Gasteiger partial charge in [-0.3, -0.25) is 0 Å². The minimum absolute atomic E-state index is 0.216. The Bertz CT molecular complexity index is 165. The zero-order valence-electron chi connectivity index (χ0n) is 5.38. The molecule has 1 unspecified atom stereocenters. The van der Waals surface area contributed by atoms with Crippen LogP contribution in [0.25, 0.3) is 0 Å². The van der Waals surface area contributed by atoms with E-state index in [1.165, 1.54) is 5.57 Å². The van der Waals surface area contributed by atoms with E-state index in [-0.39, 0.29) is 6.04 Å². The lowest BCUT2D eigenvalue weighted by Crippen LogP contribution is -2.17. The number of hydrogen-bond donors (Lipinski definition) is 1. The molecule has 0 spiro atoms. The lowest BCUT2D eigenvalue weighted by molar-refractivity contribution is 0.821. The molecule has 0 amide bonds. The summed E-state index contributed by atoms with van der Waals surface area (Å²) in [5.74, 6) is 0. The van der Waals surface area contributed by atoms with Crippen LogP contribution in [0.15, 0.2) is 36.5 Å². The van der Waals surface area contributed by atoms with E-state index in [1.54, 1.807) is 0 Å². The second-order valence-electron chi connectivity index (χ2n) is 2.17. The van der Waals surface area contributed by atoms with Gasteiger partial charge < -0.3 is 5.73 Å². The summed E-state index contributed by atoms with van der Waals surface area (Å²) in [6.07, 6.45) is 8.87. The lowest BCUT2D eigenvalue weighted by atomic mass is 10.0. The van der Waals surface area contributed by atoms with Gasteiger partial charge in [0.1, 0.15) is 0 Å². The van der Waals surface area contributed by atoms with Crippen molar-refractivity contribution in [1.29, 1.82) is 0 Å². The van der Waals surface area contributed by atoms with E-state index < -0.39 is 0 Å². The van der Waals surface area contributed by atoms with Gasteiger partial charge >= 0.3 is 0 Å². The van der Waals surface area contributed by atoms with Crippen LogP contribution in [0.5, 0.6) is 0 Å². The van der Waals surface area contributed by atoms with Crippen molar-refractivity contribution in [3.63, 3.8) is 0 Å². The number of allylic oxidation sites excluding steroid dienone is 3. The zero-order chi connectivity index (χ0) is 6.69. The van der Waals surface area contributed by atoms with Crippen molar-refractivity contribution in [1.82, 2.24) is 0 Å².